The van der Waals surface area contributed by atoms with Crippen LogP contribution in [0.5, 0.6) is 0 Å². The summed E-state index contributed by atoms with van der Waals surface area (Å²) < 4.78 is 27.4. The Labute approximate surface area is 128 Å². The van der Waals surface area contributed by atoms with Gasteiger partial charge in [0.2, 0.25) is 0 Å². The molecule has 116 valence electrons. The number of aromatic nitrogens is 2. The first-order valence-electron chi connectivity index (χ1n) is 6.54. The van der Waals surface area contributed by atoms with Crippen LogP contribution in [0.4, 0.5) is 19.3 Å². The summed E-state index contributed by atoms with van der Waals surface area (Å²) in [5.41, 5.74) is 1.84. The maximum atomic E-state index is 13.5. The van der Waals surface area contributed by atoms with Gasteiger partial charge in [-0.1, -0.05) is 12.1 Å². The molecule has 0 fully saturated rings. The topological polar surface area (TPSA) is 76.0 Å². The van der Waals surface area contributed by atoms with Crippen molar-refractivity contribution in [2.24, 2.45) is 0 Å². The van der Waals surface area contributed by atoms with E-state index in [1.54, 1.807) is 24.3 Å². The molecule has 1 aromatic heterocycles. The van der Waals surface area contributed by atoms with Gasteiger partial charge in [0.25, 0.3) is 5.56 Å². The van der Waals surface area contributed by atoms with Crippen LogP contribution in [0.1, 0.15) is 0 Å². The van der Waals surface area contributed by atoms with Crippen molar-refractivity contribution in [3.63, 3.8) is 0 Å². The Morgan fingerprint density at radius 1 is 1.13 bits per heavy atom. The van der Waals surface area contributed by atoms with Crippen molar-refractivity contribution in [3.8, 4) is 0 Å². The number of hydrogen-bond acceptors (Lipinski definition) is 3. The van der Waals surface area contributed by atoms with Crippen molar-refractivity contribution in [3.05, 3.63) is 70.8 Å². The molecule has 0 atom stereocenters. The fourth-order valence-corrected chi connectivity index (χ4v) is 2.00. The van der Waals surface area contributed by atoms with E-state index in [9.17, 15) is 18.4 Å². The number of carbonyl (C=O) groups is 1. The van der Waals surface area contributed by atoms with Gasteiger partial charge >= 0.3 is 6.03 Å². The van der Waals surface area contributed by atoms with Gasteiger partial charge in [0.15, 0.2) is 0 Å². The number of carbonyl (C=O) groups excluding carboxylic acids is 1. The molecule has 3 aromatic rings. The van der Waals surface area contributed by atoms with E-state index < -0.39 is 23.2 Å². The number of rotatable bonds is 2. The SMILES string of the molecule is O=C(Nc1cc(F)ccc1F)Nn1cnc2ccccc2c1=O. The number of halogens is 2. The minimum atomic E-state index is -0.909. The van der Waals surface area contributed by atoms with E-state index in [1.165, 1.54) is 0 Å². The number of para-hydroxylation sites is 1. The zero-order valence-corrected chi connectivity index (χ0v) is 11.6. The van der Waals surface area contributed by atoms with E-state index in [0.717, 1.165) is 29.2 Å². The van der Waals surface area contributed by atoms with Crippen molar-refractivity contribution in [2.45, 2.75) is 0 Å². The molecule has 1 heterocycles. The molecule has 2 aromatic carbocycles. The van der Waals surface area contributed by atoms with Crippen molar-refractivity contribution in [1.82, 2.24) is 9.66 Å². The lowest BCUT2D eigenvalue weighted by atomic mass is 10.2. The second-order valence-corrected chi connectivity index (χ2v) is 4.63. The van der Waals surface area contributed by atoms with Crippen LogP contribution in [0.3, 0.4) is 0 Å². The first-order chi connectivity index (χ1) is 11.0. The first-order valence-corrected chi connectivity index (χ1v) is 6.54. The molecule has 2 amide bonds. The average molecular weight is 316 g/mol. The number of urea groups is 1. The summed E-state index contributed by atoms with van der Waals surface area (Å²) in [6, 6.07) is 8.34. The van der Waals surface area contributed by atoms with E-state index >= 15 is 0 Å². The molecule has 0 aliphatic carbocycles. The second-order valence-electron chi connectivity index (χ2n) is 4.63. The molecule has 23 heavy (non-hydrogen) atoms. The van der Waals surface area contributed by atoms with Gasteiger partial charge in [-0.25, -0.2) is 28.7 Å². The lowest BCUT2D eigenvalue weighted by molar-refractivity contribution is 0.259. The van der Waals surface area contributed by atoms with Crippen LogP contribution >= 0.6 is 0 Å². The number of anilines is 1. The van der Waals surface area contributed by atoms with Gasteiger partial charge in [0.05, 0.1) is 16.6 Å². The summed E-state index contributed by atoms with van der Waals surface area (Å²) in [7, 11) is 0. The number of benzene rings is 2. The Bertz CT molecular complexity index is 956. The minimum absolute atomic E-state index is 0.312. The predicted octanol–water partition coefficient (Wildman–Crippen LogP) is 2.45. The molecule has 0 saturated carbocycles. The normalized spacial score (nSPS) is 10.5. The smallest absolute Gasteiger partial charge is 0.304 e. The zero-order chi connectivity index (χ0) is 16.4. The number of fused-ring (bicyclic) bond motifs is 1. The van der Waals surface area contributed by atoms with Crippen molar-refractivity contribution < 1.29 is 13.6 Å². The van der Waals surface area contributed by atoms with Crippen LogP contribution in [0.15, 0.2) is 53.6 Å². The molecule has 0 spiro atoms. The number of hydrogen-bond donors (Lipinski definition) is 2. The molecule has 0 bridgehead atoms. The zero-order valence-electron chi connectivity index (χ0n) is 11.6. The lowest BCUT2D eigenvalue weighted by Gasteiger charge is -2.10. The van der Waals surface area contributed by atoms with Gasteiger partial charge in [0.1, 0.15) is 18.0 Å². The van der Waals surface area contributed by atoms with Gasteiger partial charge in [-0.2, -0.15) is 0 Å². The van der Waals surface area contributed by atoms with Gasteiger partial charge < -0.3 is 5.32 Å². The fraction of sp³-hybridized carbons (Fsp3) is 0. The largest absolute Gasteiger partial charge is 0.338 e. The highest BCUT2D eigenvalue weighted by molar-refractivity contribution is 5.95. The van der Waals surface area contributed by atoms with E-state index in [0.29, 0.717) is 10.9 Å². The maximum absolute atomic E-state index is 13.5. The Hall–Kier alpha value is -3.29. The Morgan fingerprint density at radius 2 is 1.91 bits per heavy atom. The lowest BCUT2D eigenvalue weighted by Crippen LogP contribution is -2.35. The summed E-state index contributed by atoms with van der Waals surface area (Å²) in [4.78, 5) is 28.0. The molecular formula is C15H10F2N4O2. The quantitative estimate of drug-likeness (QED) is 0.762. The van der Waals surface area contributed by atoms with Crippen LogP contribution in [0.2, 0.25) is 0 Å². The number of nitrogens with zero attached hydrogens (tertiary/aromatic N) is 2. The molecule has 0 unspecified atom stereocenters. The van der Waals surface area contributed by atoms with Crippen LogP contribution < -0.4 is 16.3 Å². The summed E-state index contributed by atoms with van der Waals surface area (Å²) in [6.07, 6.45) is 1.13. The Morgan fingerprint density at radius 3 is 2.74 bits per heavy atom. The third kappa shape index (κ3) is 3.00. The summed E-state index contributed by atoms with van der Waals surface area (Å²) in [5.74, 6) is -1.50. The molecule has 0 aliphatic rings. The highest BCUT2D eigenvalue weighted by Gasteiger charge is 2.10. The second kappa shape index (κ2) is 5.84. The third-order valence-corrected chi connectivity index (χ3v) is 3.06. The number of nitrogens with one attached hydrogen (secondary N) is 2. The van der Waals surface area contributed by atoms with Gasteiger partial charge in [-0.05, 0) is 24.3 Å². The first kappa shape index (κ1) is 14.6. The van der Waals surface area contributed by atoms with Gasteiger partial charge in [-0.3, -0.25) is 4.79 Å². The highest BCUT2D eigenvalue weighted by Crippen LogP contribution is 2.15. The Kier molecular flexibility index (Phi) is 3.71. The van der Waals surface area contributed by atoms with Gasteiger partial charge in [0, 0.05) is 6.07 Å². The monoisotopic (exact) mass is 316 g/mol. The van der Waals surface area contributed by atoms with Gasteiger partial charge in [-0.15, -0.1) is 0 Å². The maximum Gasteiger partial charge on any atom is 0.338 e. The summed E-state index contributed by atoms with van der Waals surface area (Å²) >= 11 is 0. The molecular weight excluding hydrogens is 306 g/mol. The number of amides is 2. The Balaban J connectivity index is 1.84. The van der Waals surface area contributed by atoms with Crippen molar-refractivity contribution in [1.29, 1.82) is 0 Å². The van der Waals surface area contributed by atoms with E-state index in [2.05, 4.69) is 15.7 Å². The molecule has 3 rings (SSSR count). The fourth-order valence-electron chi connectivity index (χ4n) is 2.00. The van der Waals surface area contributed by atoms with Crippen molar-refractivity contribution in [2.75, 3.05) is 10.7 Å². The highest BCUT2D eigenvalue weighted by atomic mass is 19.1. The van der Waals surface area contributed by atoms with Crippen LogP contribution in [0.25, 0.3) is 10.9 Å². The van der Waals surface area contributed by atoms with Crippen LogP contribution in [-0.4, -0.2) is 15.7 Å². The third-order valence-electron chi connectivity index (χ3n) is 3.06. The minimum Gasteiger partial charge on any atom is -0.304 e. The molecule has 0 saturated heterocycles. The molecule has 6 nitrogen and oxygen atoms in total. The average Bonchev–Trinajstić information content (AvgIpc) is 2.54. The van der Waals surface area contributed by atoms with Crippen molar-refractivity contribution >= 4 is 22.6 Å². The van der Waals surface area contributed by atoms with Crippen LogP contribution in [-0.2, 0) is 0 Å². The van der Waals surface area contributed by atoms with E-state index in [4.69, 9.17) is 0 Å². The standard InChI is InChI=1S/C15H10F2N4O2/c16-9-5-6-11(17)13(7-9)19-15(23)20-21-8-18-12-4-2-1-3-10(12)14(21)22/h1-8H,(H2,19,20,23). The van der Waals surface area contributed by atoms with E-state index in [-0.39, 0.29) is 5.69 Å². The molecule has 8 heteroatoms. The summed E-state index contributed by atoms with van der Waals surface area (Å²) in [6.45, 7) is 0. The molecule has 0 radical (unpaired) electrons. The molecule has 0 aliphatic heterocycles. The van der Waals surface area contributed by atoms with Crippen LogP contribution in [0, 0.1) is 11.6 Å². The molecule has 2 N–H and O–H groups in total. The predicted molar refractivity (Wildman–Crippen MR) is 80.7 cm³/mol. The summed E-state index contributed by atoms with van der Waals surface area (Å²) in [5, 5.41) is 2.43. The van der Waals surface area contributed by atoms with E-state index in [1.807, 2.05) is 0 Å².